The summed E-state index contributed by atoms with van der Waals surface area (Å²) in [5, 5.41) is 3.20. The fourth-order valence-corrected chi connectivity index (χ4v) is 2.30. The van der Waals surface area contributed by atoms with Crippen molar-refractivity contribution < 1.29 is 13.5 Å². The summed E-state index contributed by atoms with van der Waals surface area (Å²) in [7, 11) is 0. The summed E-state index contributed by atoms with van der Waals surface area (Å²) in [6.07, 6.45) is 0. The Balaban J connectivity index is 1.90. The highest BCUT2D eigenvalue weighted by molar-refractivity contribution is 9.10. The Morgan fingerprint density at radius 3 is 2.65 bits per heavy atom. The van der Waals surface area contributed by atoms with Crippen LogP contribution >= 0.6 is 15.9 Å². The van der Waals surface area contributed by atoms with Crippen LogP contribution in [0.4, 0.5) is 14.5 Å². The molecule has 2 aromatic carbocycles. The van der Waals surface area contributed by atoms with Crippen LogP contribution in [0, 0.1) is 18.6 Å². The molecule has 0 heterocycles. The summed E-state index contributed by atoms with van der Waals surface area (Å²) >= 11 is 3.08. The minimum atomic E-state index is -0.715. The van der Waals surface area contributed by atoms with E-state index in [9.17, 15) is 8.78 Å². The normalized spacial score (nSPS) is 10.4. The van der Waals surface area contributed by atoms with E-state index >= 15 is 0 Å². The van der Waals surface area contributed by atoms with Gasteiger partial charge in [0.05, 0.1) is 4.47 Å². The molecule has 0 saturated heterocycles. The van der Waals surface area contributed by atoms with Crippen molar-refractivity contribution in [2.24, 2.45) is 0 Å². The number of halogens is 3. The molecule has 0 aliphatic carbocycles. The molecule has 1 N–H and O–H groups in total. The number of rotatable bonds is 5. The Morgan fingerprint density at radius 1 is 1.20 bits per heavy atom. The van der Waals surface area contributed by atoms with Gasteiger partial charge in [0.15, 0.2) is 11.6 Å². The lowest BCUT2D eigenvalue weighted by molar-refractivity contribution is 0.311. The van der Waals surface area contributed by atoms with Crippen LogP contribution in [0.25, 0.3) is 0 Å². The lowest BCUT2D eigenvalue weighted by Crippen LogP contribution is -2.13. The Labute approximate surface area is 124 Å². The van der Waals surface area contributed by atoms with E-state index in [1.54, 1.807) is 0 Å². The van der Waals surface area contributed by atoms with Gasteiger partial charge in [-0.3, -0.25) is 0 Å². The van der Waals surface area contributed by atoms with E-state index in [1.807, 2.05) is 31.2 Å². The van der Waals surface area contributed by atoms with E-state index in [2.05, 4.69) is 21.2 Å². The van der Waals surface area contributed by atoms with Gasteiger partial charge in [-0.1, -0.05) is 18.2 Å². The Bertz CT molecular complexity index is 581. The molecular weight excluding hydrogens is 328 g/mol. The Morgan fingerprint density at radius 2 is 1.95 bits per heavy atom. The zero-order valence-corrected chi connectivity index (χ0v) is 12.5. The van der Waals surface area contributed by atoms with Crippen LogP contribution in [-0.2, 0) is 0 Å². The van der Waals surface area contributed by atoms with E-state index in [4.69, 9.17) is 4.74 Å². The van der Waals surface area contributed by atoms with Crippen LogP contribution in [0.2, 0.25) is 0 Å². The number of nitrogens with one attached hydrogen (secondary N) is 1. The molecule has 0 spiro atoms. The van der Waals surface area contributed by atoms with Gasteiger partial charge in [-0.25, -0.2) is 8.78 Å². The SMILES string of the molecule is Cc1ccccc1NCCOc1c(F)cc(F)cc1Br. The largest absolute Gasteiger partial charge is 0.487 e. The van der Waals surface area contributed by atoms with Crippen molar-refractivity contribution in [3.05, 3.63) is 58.1 Å². The molecule has 0 saturated carbocycles. The smallest absolute Gasteiger partial charge is 0.169 e. The molecule has 0 fully saturated rings. The number of para-hydroxylation sites is 1. The minimum absolute atomic E-state index is 0.0259. The summed E-state index contributed by atoms with van der Waals surface area (Å²) in [4.78, 5) is 0. The van der Waals surface area contributed by atoms with Gasteiger partial charge in [0.1, 0.15) is 12.4 Å². The summed E-state index contributed by atoms with van der Waals surface area (Å²) in [6, 6.07) is 9.83. The third-order valence-electron chi connectivity index (χ3n) is 2.77. The number of aryl methyl sites for hydroxylation is 1. The molecule has 0 aliphatic rings. The molecule has 0 aromatic heterocycles. The minimum Gasteiger partial charge on any atom is -0.487 e. The van der Waals surface area contributed by atoms with Crippen molar-refractivity contribution >= 4 is 21.6 Å². The van der Waals surface area contributed by atoms with Crippen LogP contribution in [0.15, 0.2) is 40.9 Å². The molecule has 5 heteroatoms. The van der Waals surface area contributed by atoms with Gasteiger partial charge >= 0.3 is 0 Å². The average molecular weight is 342 g/mol. The van der Waals surface area contributed by atoms with Gasteiger partial charge in [-0.2, -0.15) is 0 Å². The molecule has 2 nitrogen and oxygen atoms in total. The topological polar surface area (TPSA) is 21.3 Å². The van der Waals surface area contributed by atoms with Crippen LogP contribution in [0.3, 0.4) is 0 Å². The second kappa shape index (κ2) is 6.70. The van der Waals surface area contributed by atoms with Gasteiger partial charge in [-0.05, 0) is 40.5 Å². The van der Waals surface area contributed by atoms with E-state index in [0.717, 1.165) is 17.3 Å². The average Bonchev–Trinajstić information content (AvgIpc) is 2.38. The molecular formula is C15H14BrF2NO. The Kier molecular flexibility index (Phi) is 4.95. The molecule has 0 atom stereocenters. The van der Waals surface area contributed by atoms with Crippen molar-refractivity contribution in [1.29, 1.82) is 0 Å². The first-order valence-electron chi connectivity index (χ1n) is 6.15. The maximum atomic E-state index is 13.5. The molecule has 0 unspecified atom stereocenters. The van der Waals surface area contributed by atoms with E-state index < -0.39 is 11.6 Å². The number of anilines is 1. The van der Waals surface area contributed by atoms with Gasteiger partial charge in [0.2, 0.25) is 0 Å². The fourth-order valence-electron chi connectivity index (χ4n) is 1.78. The molecule has 20 heavy (non-hydrogen) atoms. The van der Waals surface area contributed by atoms with E-state index in [-0.39, 0.29) is 16.8 Å². The predicted octanol–water partition coefficient (Wildman–Crippen LogP) is 4.53. The molecule has 106 valence electrons. The zero-order chi connectivity index (χ0) is 14.5. The van der Waals surface area contributed by atoms with Crippen molar-refractivity contribution in [2.45, 2.75) is 6.92 Å². The highest BCUT2D eigenvalue weighted by atomic mass is 79.9. The third kappa shape index (κ3) is 3.70. The Hall–Kier alpha value is -1.62. The predicted molar refractivity (Wildman–Crippen MR) is 79.2 cm³/mol. The third-order valence-corrected chi connectivity index (χ3v) is 3.36. The first kappa shape index (κ1) is 14.8. The standard InChI is InChI=1S/C15H14BrF2NO/c1-10-4-2-3-5-14(10)19-6-7-20-15-12(16)8-11(17)9-13(15)18/h2-5,8-9,19H,6-7H2,1H3. The molecule has 2 rings (SSSR count). The summed E-state index contributed by atoms with van der Waals surface area (Å²) < 4.78 is 32.0. The van der Waals surface area contributed by atoms with Crippen molar-refractivity contribution in [1.82, 2.24) is 0 Å². The van der Waals surface area contributed by atoms with Gasteiger partial charge in [-0.15, -0.1) is 0 Å². The van der Waals surface area contributed by atoms with E-state index in [1.165, 1.54) is 6.07 Å². The monoisotopic (exact) mass is 341 g/mol. The number of hydrogen-bond acceptors (Lipinski definition) is 2. The maximum absolute atomic E-state index is 13.5. The highest BCUT2D eigenvalue weighted by Gasteiger charge is 2.10. The van der Waals surface area contributed by atoms with Crippen molar-refractivity contribution in [2.75, 3.05) is 18.5 Å². The number of ether oxygens (including phenoxy) is 1. The summed E-state index contributed by atoms with van der Waals surface area (Å²) in [5.41, 5.74) is 2.14. The molecule has 0 amide bonds. The molecule has 2 aromatic rings. The van der Waals surface area contributed by atoms with Gasteiger partial charge in [0.25, 0.3) is 0 Å². The van der Waals surface area contributed by atoms with Gasteiger partial charge < -0.3 is 10.1 Å². The second-order valence-electron chi connectivity index (χ2n) is 4.29. The van der Waals surface area contributed by atoms with Crippen LogP contribution in [0.1, 0.15) is 5.56 Å². The maximum Gasteiger partial charge on any atom is 0.169 e. The first-order chi connectivity index (χ1) is 9.58. The summed E-state index contributed by atoms with van der Waals surface area (Å²) in [6.45, 7) is 2.79. The molecule has 0 aliphatic heterocycles. The lowest BCUT2D eigenvalue weighted by Gasteiger charge is -2.12. The first-order valence-corrected chi connectivity index (χ1v) is 6.94. The number of hydrogen-bond donors (Lipinski definition) is 1. The van der Waals surface area contributed by atoms with Crippen LogP contribution < -0.4 is 10.1 Å². The molecule has 0 bridgehead atoms. The lowest BCUT2D eigenvalue weighted by atomic mass is 10.2. The highest BCUT2D eigenvalue weighted by Crippen LogP contribution is 2.29. The molecule has 0 radical (unpaired) electrons. The van der Waals surface area contributed by atoms with Crippen molar-refractivity contribution in [3.8, 4) is 5.75 Å². The second-order valence-corrected chi connectivity index (χ2v) is 5.14. The summed E-state index contributed by atoms with van der Waals surface area (Å²) in [5.74, 6) is -1.33. The van der Waals surface area contributed by atoms with E-state index in [0.29, 0.717) is 6.54 Å². The van der Waals surface area contributed by atoms with Crippen molar-refractivity contribution in [3.63, 3.8) is 0 Å². The fraction of sp³-hybridized carbons (Fsp3) is 0.200. The zero-order valence-electron chi connectivity index (χ0n) is 10.9. The van der Waals surface area contributed by atoms with Gasteiger partial charge in [0, 0.05) is 18.3 Å². The number of benzene rings is 2. The van der Waals surface area contributed by atoms with Crippen LogP contribution in [0.5, 0.6) is 5.75 Å². The van der Waals surface area contributed by atoms with Crippen LogP contribution in [-0.4, -0.2) is 13.2 Å². The quantitative estimate of drug-likeness (QED) is 0.807.